The summed E-state index contributed by atoms with van der Waals surface area (Å²) in [6.45, 7) is 2.48. The van der Waals surface area contributed by atoms with Gasteiger partial charge in [-0.1, -0.05) is 36.4 Å². The number of para-hydroxylation sites is 1. The molecule has 154 valence electrons. The van der Waals surface area contributed by atoms with Crippen LogP contribution in [0, 0.1) is 0 Å². The summed E-state index contributed by atoms with van der Waals surface area (Å²) in [5.74, 6) is 0.441. The van der Waals surface area contributed by atoms with Gasteiger partial charge in [-0.3, -0.25) is 9.59 Å². The van der Waals surface area contributed by atoms with Gasteiger partial charge in [0.25, 0.3) is 11.8 Å². The van der Waals surface area contributed by atoms with Crippen LogP contribution in [0.15, 0.2) is 71.3 Å². The molecule has 2 aromatic carbocycles. The lowest BCUT2D eigenvalue weighted by Gasteiger charge is -2.27. The number of carbonyl (C=O) groups is 2. The third kappa shape index (κ3) is 4.44. The van der Waals surface area contributed by atoms with Gasteiger partial charge in [0.15, 0.2) is 6.54 Å². The Bertz CT molecular complexity index is 1030. The van der Waals surface area contributed by atoms with Crippen molar-refractivity contribution in [3.8, 4) is 0 Å². The third-order valence-electron chi connectivity index (χ3n) is 5.60. The molecule has 1 unspecified atom stereocenters. The monoisotopic (exact) mass is 404 g/mol. The number of nitrogens with zero attached hydrogens (tertiary/aromatic N) is 1. The van der Waals surface area contributed by atoms with Crippen molar-refractivity contribution in [2.75, 3.05) is 25.0 Å². The van der Waals surface area contributed by atoms with E-state index in [9.17, 15) is 9.59 Å². The van der Waals surface area contributed by atoms with Gasteiger partial charge in [-0.15, -0.1) is 0 Å². The predicted molar refractivity (Wildman–Crippen MR) is 114 cm³/mol. The Morgan fingerprint density at radius 3 is 2.60 bits per heavy atom. The average molecular weight is 404 g/mol. The molecule has 0 aliphatic carbocycles. The molecule has 2 amide bonds. The minimum atomic E-state index is -0.235. The summed E-state index contributed by atoms with van der Waals surface area (Å²) in [5.41, 5.74) is 3.77. The second-order valence-corrected chi connectivity index (χ2v) is 7.60. The second-order valence-electron chi connectivity index (χ2n) is 7.60. The number of hydrogen-bond acceptors (Lipinski definition) is 3. The molecule has 0 saturated heterocycles. The van der Waals surface area contributed by atoms with Crippen molar-refractivity contribution in [3.63, 3.8) is 0 Å². The van der Waals surface area contributed by atoms with Gasteiger partial charge in [0.2, 0.25) is 0 Å². The zero-order valence-electron chi connectivity index (χ0n) is 17.1. The Hall–Kier alpha value is -3.38. The lowest BCUT2D eigenvalue weighted by Crippen LogP contribution is -3.12. The van der Waals surface area contributed by atoms with Crippen LogP contribution in [0.5, 0.6) is 0 Å². The maximum Gasteiger partial charge on any atom is 0.281 e. The summed E-state index contributed by atoms with van der Waals surface area (Å²) in [6, 6.07) is 19.2. The largest absolute Gasteiger partial charge is 0.467 e. The summed E-state index contributed by atoms with van der Waals surface area (Å²) < 4.78 is 5.26. The molecule has 0 radical (unpaired) electrons. The van der Waals surface area contributed by atoms with Crippen molar-refractivity contribution in [1.29, 1.82) is 0 Å². The van der Waals surface area contributed by atoms with E-state index in [0.29, 0.717) is 30.1 Å². The molecule has 6 nitrogen and oxygen atoms in total. The highest BCUT2D eigenvalue weighted by Gasteiger charge is 2.25. The van der Waals surface area contributed by atoms with Crippen LogP contribution in [0.4, 0.5) is 5.69 Å². The van der Waals surface area contributed by atoms with Crippen molar-refractivity contribution in [1.82, 2.24) is 5.32 Å². The Labute approximate surface area is 176 Å². The van der Waals surface area contributed by atoms with E-state index in [1.807, 2.05) is 12.1 Å². The first-order chi connectivity index (χ1) is 14.6. The Morgan fingerprint density at radius 1 is 1.03 bits per heavy atom. The van der Waals surface area contributed by atoms with Crippen LogP contribution >= 0.6 is 0 Å². The number of hydrogen-bond donors (Lipinski definition) is 2. The van der Waals surface area contributed by atoms with E-state index < -0.39 is 0 Å². The number of amides is 2. The SMILES string of the molecule is CN(C(=O)C[NH+]1CCc2ccccc2C1)c1ccccc1C(=O)NCc1ccco1. The van der Waals surface area contributed by atoms with Crippen LogP contribution in [0.25, 0.3) is 0 Å². The highest BCUT2D eigenvalue weighted by Crippen LogP contribution is 2.19. The molecule has 30 heavy (non-hydrogen) atoms. The van der Waals surface area contributed by atoms with Crippen molar-refractivity contribution in [3.05, 3.63) is 89.4 Å². The van der Waals surface area contributed by atoms with Gasteiger partial charge < -0.3 is 19.5 Å². The highest BCUT2D eigenvalue weighted by atomic mass is 16.3. The first-order valence-corrected chi connectivity index (χ1v) is 10.2. The molecule has 2 N–H and O–H groups in total. The maximum absolute atomic E-state index is 13.0. The molecule has 3 aromatic rings. The van der Waals surface area contributed by atoms with Gasteiger partial charge in [0, 0.05) is 19.0 Å². The Balaban J connectivity index is 1.42. The number of carbonyl (C=O) groups excluding carboxylic acids is 2. The second kappa shape index (κ2) is 8.97. The minimum absolute atomic E-state index is 0.00401. The number of furan rings is 1. The molecule has 1 atom stereocenters. The van der Waals surface area contributed by atoms with Gasteiger partial charge in [-0.25, -0.2) is 0 Å². The van der Waals surface area contributed by atoms with Gasteiger partial charge >= 0.3 is 0 Å². The molecule has 2 heterocycles. The number of benzene rings is 2. The molecule has 0 fully saturated rings. The van der Waals surface area contributed by atoms with Gasteiger partial charge in [-0.05, 0) is 29.8 Å². The number of anilines is 1. The van der Waals surface area contributed by atoms with Gasteiger partial charge in [0.1, 0.15) is 12.3 Å². The number of rotatable bonds is 6. The Morgan fingerprint density at radius 2 is 1.80 bits per heavy atom. The minimum Gasteiger partial charge on any atom is -0.467 e. The molecular weight excluding hydrogens is 378 g/mol. The third-order valence-corrected chi connectivity index (χ3v) is 5.60. The number of likely N-dealkylation sites (N-methyl/N-ethyl adjacent to an activating group) is 1. The van der Waals surface area contributed by atoms with E-state index in [0.717, 1.165) is 19.5 Å². The molecule has 1 aliphatic heterocycles. The van der Waals surface area contributed by atoms with Crippen LogP contribution in [-0.2, 0) is 24.3 Å². The Kier molecular flexibility index (Phi) is 5.95. The zero-order chi connectivity index (χ0) is 20.9. The lowest BCUT2D eigenvalue weighted by atomic mass is 10.00. The van der Waals surface area contributed by atoms with E-state index in [2.05, 4.69) is 23.5 Å². The van der Waals surface area contributed by atoms with Crippen molar-refractivity contribution in [2.45, 2.75) is 19.5 Å². The molecule has 0 spiro atoms. The fourth-order valence-corrected chi connectivity index (χ4v) is 3.89. The molecule has 4 rings (SSSR count). The molecule has 6 heteroatoms. The maximum atomic E-state index is 13.0. The van der Waals surface area contributed by atoms with E-state index >= 15 is 0 Å². The molecular formula is C24H26N3O3+. The zero-order valence-corrected chi connectivity index (χ0v) is 17.1. The fraction of sp³-hybridized carbons (Fsp3) is 0.250. The van der Waals surface area contributed by atoms with Crippen LogP contribution in [0.1, 0.15) is 27.2 Å². The summed E-state index contributed by atoms with van der Waals surface area (Å²) in [7, 11) is 1.73. The standard InChI is InChI=1S/C24H25N3O3/c1-26(23(28)17-27-13-12-18-7-2-3-8-19(18)16-27)22-11-5-4-10-21(22)24(29)25-15-20-9-6-14-30-20/h2-11,14H,12-13,15-17H2,1H3,(H,25,29)/p+1. The fourth-order valence-electron chi connectivity index (χ4n) is 3.89. The molecule has 0 saturated carbocycles. The van der Waals surface area contributed by atoms with Crippen LogP contribution < -0.4 is 15.1 Å². The first kappa shape index (κ1) is 19.9. The van der Waals surface area contributed by atoms with E-state index in [-0.39, 0.29) is 11.8 Å². The number of fused-ring (bicyclic) bond motifs is 1. The smallest absolute Gasteiger partial charge is 0.281 e. The summed E-state index contributed by atoms with van der Waals surface area (Å²) in [6.07, 6.45) is 2.55. The first-order valence-electron chi connectivity index (χ1n) is 10.2. The van der Waals surface area contributed by atoms with Crippen molar-refractivity contribution in [2.24, 2.45) is 0 Å². The summed E-state index contributed by atoms with van der Waals surface area (Å²) in [5, 5.41) is 2.85. The predicted octanol–water partition coefficient (Wildman–Crippen LogP) is 1.81. The van der Waals surface area contributed by atoms with Crippen LogP contribution in [-0.4, -0.2) is 32.0 Å². The van der Waals surface area contributed by atoms with Crippen molar-refractivity contribution < 1.29 is 18.9 Å². The molecule has 1 aromatic heterocycles. The van der Waals surface area contributed by atoms with Crippen LogP contribution in [0.2, 0.25) is 0 Å². The normalized spacial score (nSPS) is 15.3. The van der Waals surface area contributed by atoms with E-state index in [4.69, 9.17) is 4.42 Å². The van der Waals surface area contributed by atoms with Gasteiger partial charge in [0.05, 0.1) is 30.6 Å². The van der Waals surface area contributed by atoms with Crippen molar-refractivity contribution >= 4 is 17.5 Å². The van der Waals surface area contributed by atoms with Crippen LogP contribution in [0.3, 0.4) is 0 Å². The molecule has 1 aliphatic rings. The highest BCUT2D eigenvalue weighted by molar-refractivity contribution is 6.04. The number of quaternary nitrogens is 1. The van der Waals surface area contributed by atoms with E-state index in [1.54, 1.807) is 48.5 Å². The summed E-state index contributed by atoms with van der Waals surface area (Å²) >= 11 is 0. The quantitative estimate of drug-likeness (QED) is 0.659. The number of nitrogens with one attached hydrogen (secondary N) is 2. The van der Waals surface area contributed by atoms with E-state index in [1.165, 1.54) is 16.0 Å². The molecule has 0 bridgehead atoms. The summed E-state index contributed by atoms with van der Waals surface area (Å²) in [4.78, 5) is 28.6. The van der Waals surface area contributed by atoms with Gasteiger partial charge in [-0.2, -0.15) is 0 Å². The topological polar surface area (TPSA) is 67.0 Å². The lowest BCUT2D eigenvalue weighted by molar-refractivity contribution is -0.907. The average Bonchev–Trinajstić information content (AvgIpc) is 3.30.